The van der Waals surface area contributed by atoms with Gasteiger partial charge in [0.25, 0.3) is 5.91 Å². The van der Waals surface area contributed by atoms with E-state index >= 15 is 0 Å². The molecule has 2 aliphatic rings. The van der Waals surface area contributed by atoms with Crippen molar-refractivity contribution in [2.45, 2.75) is 6.92 Å². The Morgan fingerprint density at radius 3 is 2.52 bits per heavy atom. The molecule has 0 spiro atoms. The Bertz CT molecular complexity index is 1100. The standard InChI is InChI=1S/C22H20N4O2S/c1-15(25-11-13-28-14-12-25)19-20(16-7-3-2-4-8-16)24-26(21(19)27)22-23-17-9-5-6-10-18(17)29-22/h2-10H,11-14H2,1H3. The Kier molecular flexibility index (Phi) is 4.61. The van der Waals surface area contributed by atoms with Gasteiger partial charge in [-0.1, -0.05) is 53.8 Å². The second kappa shape index (κ2) is 7.42. The van der Waals surface area contributed by atoms with Gasteiger partial charge in [0.2, 0.25) is 5.13 Å². The number of anilines is 1. The van der Waals surface area contributed by atoms with E-state index in [9.17, 15) is 4.79 Å². The number of ether oxygens (including phenoxy) is 1. The Morgan fingerprint density at radius 1 is 1.03 bits per heavy atom. The molecule has 1 amide bonds. The molecule has 5 rings (SSSR count). The zero-order chi connectivity index (χ0) is 19.8. The van der Waals surface area contributed by atoms with Gasteiger partial charge < -0.3 is 9.64 Å². The Morgan fingerprint density at radius 2 is 1.76 bits per heavy atom. The summed E-state index contributed by atoms with van der Waals surface area (Å²) in [6, 6.07) is 17.7. The molecule has 0 aliphatic carbocycles. The minimum absolute atomic E-state index is 0.132. The van der Waals surface area contributed by atoms with Crippen LogP contribution in [-0.2, 0) is 9.53 Å². The molecule has 0 saturated carbocycles. The van der Waals surface area contributed by atoms with Crippen molar-refractivity contribution in [1.29, 1.82) is 0 Å². The number of hydrogen-bond donors (Lipinski definition) is 0. The summed E-state index contributed by atoms with van der Waals surface area (Å²) in [5.41, 5.74) is 4.06. The zero-order valence-electron chi connectivity index (χ0n) is 16.0. The third kappa shape index (κ3) is 3.22. The lowest BCUT2D eigenvalue weighted by Gasteiger charge is -2.30. The Balaban J connectivity index is 1.62. The minimum atomic E-state index is -0.132. The quantitative estimate of drug-likeness (QED) is 0.625. The number of morpholine rings is 1. The van der Waals surface area contributed by atoms with E-state index in [-0.39, 0.29) is 5.91 Å². The van der Waals surface area contributed by atoms with Crippen molar-refractivity contribution in [3.8, 4) is 0 Å². The largest absolute Gasteiger partial charge is 0.378 e. The molecule has 0 unspecified atom stereocenters. The predicted molar refractivity (Wildman–Crippen MR) is 115 cm³/mol. The average Bonchev–Trinajstić information content (AvgIpc) is 3.35. The summed E-state index contributed by atoms with van der Waals surface area (Å²) >= 11 is 1.48. The van der Waals surface area contributed by atoms with Gasteiger partial charge in [0, 0.05) is 24.4 Å². The summed E-state index contributed by atoms with van der Waals surface area (Å²) in [7, 11) is 0. The van der Waals surface area contributed by atoms with E-state index in [4.69, 9.17) is 9.84 Å². The number of fused-ring (bicyclic) bond motifs is 1. The van der Waals surface area contributed by atoms with Gasteiger partial charge >= 0.3 is 0 Å². The van der Waals surface area contributed by atoms with E-state index in [1.165, 1.54) is 16.3 Å². The highest BCUT2D eigenvalue weighted by Crippen LogP contribution is 2.34. The van der Waals surface area contributed by atoms with Crippen LogP contribution in [-0.4, -0.2) is 47.8 Å². The van der Waals surface area contributed by atoms with Crippen LogP contribution in [0.25, 0.3) is 10.2 Å². The van der Waals surface area contributed by atoms with Crippen LogP contribution in [0, 0.1) is 0 Å². The molecule has 0 N–H and O–H groups in total. The monoisotopic (exact) mass is 404 g/mol. The van der Waals surface area contributed by atoms with Crippen LogP contribution in [0.3, 0.4) is 0 Å². The summed E-state index contributed by atoms with van der Waals surface area (Å²) in [5, 5.41) is 6.78. The molecule has 2 aromatic carbocycles. The lowest BCUT2D eigenvalue weighted by atomic mass is 10.0. The summed E-state index contributed by atoms with van der Waals surface area (Å²) in [6.45, 7) is 4.87. The molecule has 3 heterocycles. The summed E-state index contributed by atoms with van der Waals surface area (Å²) in [4.78, 5) is 20.4. The van der Waals surface area contributed by atoms with Gasteiger partial charge in [-0.15, -0.1) is 0 Å². The smallest absolute Gasteiger partial charge is 0.284 e. The van der Waals surface area contributed by atoms with E-state index in [2.05, 4.69) is 9.88 Å². The van der Waals surface area contributed by atoms with Crippen LogP contribution >= 0.6 is 11.3 Å². The number of carbonyl (C=O) groups excluding carboxylic acids is 1. The molecule has 1 saturated heterocycles. The first-order valence-corrected chi connectivity index (χ1v) is 10.4. The summed E-state index contributed by atoms with van der Waals surface area (Å²) < 4.78 is 6.51. The van der Waals surface area contributed by atoms with E-state index in [1.54, 1.807) is 0 Å². The van der Waals surface area contributed by atoms with E-state index in [0.29, 0.717) is 29.6 Å². The number of nitrogens with zero attached hydrogens (tertiary/aromatic N) is 4. The van der Waals surface area contributed by atoms with Crippen molar-refractivity contribution in [2.75, 3.05) is 31.3 Å². The second-order valence-corrected chi connectivity index (χ2v) is 7.96. The van der Waals surface area contributed by atoms with Crippen molar-refractivity contribution >= 4 is 38.3 Å². The van der Waals surface area contributed by atoms with E-state index in [1.807, 2.05) is 61.5 Å². The van der Waals surface area contributed by atoms with Crippen molar-refractivity contribution in [3.63, 3.8) is 0 Å². The number of aromatic nitrogens is 1. The SMILES string of the molecule is CC(=C1C(=O)N(c2nc3ccccc3s2)N=C1c1ccccc1)N1CCOCC1. The molecular formula is C22H20N4O2S. The third-order valence-electron chi connectivity index (χ3n) is 5.20. The lowest BCUT2D eigenvalue weighted by molar-refractivity contribution is -0.114. The number of thiazole rings is 1. The van der Waals surface area contributed by atoms with Crippen LogP contribution in [0.4, 0.5) is 5.13 Å². The highest BCUT2D eigenvalue weighted by atomic mass is 32.1. The first kappa shape index (κ1) is 18.0. The Hall–Kier alpha value is -3.03. The summed E-state index contributed by atoms with van der Waals surface area (Å²) in [6.07, 6.45) is 0. The highest BCUT2D eigenvalue weighted by molar-refractivity contribution is 7.22. The highest BCUT2D eigenvalue weighted by Gasteiger charge is 2.36. The fourth-order valence-electron chi connectivity index (χ4n) is 3.66. The van der Waals surface area contributed by atoms with Gasteiger partial charge in [-0.3, -0.25) is 4.79 Å². The molecule has 146 valence electrons. The fourth-order valence-corrected chi connectivity index (χ4v) is 4.58. The van der Waals surface area contributed by atoms with Crippen LogP contribution in [0.15, 0.2) is 71.0 Å². The predicted octanol–water partition coefficient (Wildman–Crippen LogP) is 3.65. The molecule has 1 fully saturated rings. The molecule has 3 aromatic rings. The molecule has 6 nitrogen and oxygen atoms in total. The summed E-state index contributed by atoms with van der Waals surface area (Å²) in [5.74, 6) is -0.132. The Labute approximate surface area is 172 Å². The molecule has 0 radical (unpaired) electrons. The molecular weight excluding hydrogens is 384 g/mol. The van der Waals surface area contributed by atoms with Crippen molar-refractivity contribution in [3.05, 3.63) is 71.4 Å². The van der Waals surface area contributed by atoms with Crippen LogP contribution < -0.4 is 5.01 Å². The van der Waals surface area contributed by atoms with E-state index < -0.39 is 0 Å². The number of carbonyl (C=O) groups is 1. The molecule has 7 heteroatoms. The zero-order valence-corrected chi connectivity index (χ0v) is 16.9. The number of allylic oxidation sites excluding steroid dienone is 1. The fraction of sp³-hybridized carbons (Fsp3) is 0.227. The van der Waals surface area contributed by atoms with Gasteiger partial charge in [0.05, 0.1) is 29.0 Å². The van der Waals surface area contributed by atoms with Gasteiger partial charge in [-0.2, -0.15) is 10.1 Å². The molecule has 29 heavy (non-hydrogen) atoms. The number of amides is 1. The van der Waals surface area contributed by atoms with Crippen LogP contribution in [0.1, 0.15) is 12.5 Å². The van der Waals surface area contributed by atoms with Crippen molar-refractivity contribution in [1.82, 2.24) is 9.88 Å². The molecule has 1 aromatic heterocycles. The maximum atomic E-state index is 13.5. The first-order chi connectivity index (χ1) is 14.2. The van der Waals surface area contributed by atoms with Crippen LogP contribution in [0.5, 0.6) is 0 Å². The number of para-hydroxylation sites is 1. The van der Waals surface area contributed by atoms with E-state index in [0.717, 1.165) is 34.6 Å². The lowest BCUT2D eigenvalue weighted by Crippen LogP contribution is -2.37. The number of benzene rings is 2. The van der Waals surface area contributed by atoms with Gasteiger partial charge in [-0.25, -0.2) is 4.98 Å². The van der Waals surface area contributed by atoms with Gasteiger partial charge in [0.15, 0.2) is 0 Å². The maximum absolute atomic E-state index is 13.5. The van der Waals surface area contributed by atoms with Gasteiger partial charge in [0.1, 0.15) is 5.71 Å². The average molecular weight is 404 g/mol. The second-order valence-electron chi connectivity index (χ2n) is 6.96. The minimum Gasteiger partial charge on any atom is -0.378 e. The molecule has 2 aliphatic heterocycles. The van der Waals surface area contributed by atoms with Crippen molar-refractivity contribution in [2.24, 2.45) is 5.10 Å². The topological polar surface area (TPSA) is 58.0 Å². The maximum Gasteiger partial charge on any atom is 0.284 e. The molecule has 0 atom stereocenters. The van der Waals surface area contributed by atoms with Gasteiger partial charge in [-0.05, 0) is 19.1 Å². The third-order valence-corrected chi connectivity index (χ3v) is 6.21. The number of hydrogen-bond acceptors (Lipinski definition) is 6. The number of hydrazone groups is 1. The van der Waals surface area contributed by atoms with Crippen molar-refractivity contribution < 1.29 is 9.53 Å². The van der Waals surface area contributed by atoms with Crippen LogP contribution in [0.2, 0.25) is 0 Å². The first-order valence-electron chi connectivity index (χ1n) is 9.60. The normalized spacial score (nSPS) is 19.1. The number of rotatable bonds is 3. The molecule has 0 bridgehead atoms.